The van der Waals surface area contributed by atoms with Gasteiger partial charge in [-0.05, 0) is 25.3 Å². The second-order valence-corrected chi connectivity index (χ2v) is 7.05. The van der Waals surface area contributed by atoms with E-state index in [4.69, 9.17) is 5.11 Å². The molecule has 2 aromatic rings. The summed E-state index contributed by atoms with van der Waals surface area (Å²) < 4.78 is 2.06. The van der Waals surface area contributed by atoms with Crippen LogP contribution in [-0.2, 0) is 16.1 Å². The van der Waals surface area contributed by atoms with Gasteiger partial charge >= 0.3 is 5.97 Å². The maximum atomic E-state index is 11.9. The number of thioether (sulfide) groups is 1. The highest BCUT2D eigenvalue weighted by atomic mass is 32.2. The molecule has 0 saturated heterocycles. The van der Waals surface area contributed by atoms with E-state index < -0.39 is 12.0 Å². The number of hydrogen-bond acceptors (Lipinski definition) is 5. The van der Waals surface area contributed by atoms with E-state index in [9.17, 15) is 9.59 Å². The third kappa shape index (κ3) is 4.60. The molecule has 25 heavy (non-hydrogen) atoms. The van der Waals surface area contributed by atoms with Crippen molar-refractivity contribution in [1.82, 2.24) is 20.1 Å². The number of carboxylic acids is 1. The summed E-state index contributed by atoms with van der Waals surface area (Å²) in [6, 6.07) is 9.14. The van der Waals surface area contributed by atoms with Gasteiger partial charge in [0.1, 0.15) is 11.9 Å². The van der Waals surface area contributed by atoms with Crippen molar-refractivity contribution in [3.8, 4) is 0 Å². The lowest BCUT2D eigenvalue weighted by molar-refractivity contribution is -0.140. The molecule has 0 bridgehead atoms. The first kappa shape index (κ1) is 17.5. The summed E-state index contributed by atoms with van der Waals surface area (Å²) in [6.45, 7) is 2.10. The first-order chi connectivity index (χ1) is 12.0. The van der Waals surface area contributed by atoms with Crippen LogP contribution in [0.15, 0.2) is 35.5 Å². The lowest BCUT2D eigenvalue weighted by Gasteiger charge is -2.11. The number of rotatable bonds is 8. The predicted octanol–water partition coefficient (Wildman–Crippen LogP) is 1.89. The fraction of sp³-hybridized carbons (Fsp3) is 0.412. The van der Waals surface area contributed by atoms with Gasteiger partial charge in [-0.3, -0.25) is 9.59 Å². The second kappa shape index (κ2) is 7.69. The Balaban J connectivity index is 1.69. The van der Waals surface area contributed by atoms with Crippen molar-refractivity contribution in [3.63, 3.8) is 0 Å². The summed E-state index contributed by atoms with van der Waals surface area (Å²) in [6.07, 6.45) is 2.24. The molecule has 3 rings (SSSR count). The molecule has 1 fully saturated rings. The molecule has 1 heterocycles. The van der Waals surface area contributed by atoms with Crippen LogP contribution in [0.1, 0.15) is 37.1 Å². The van der Waals surface area contributed by atoms with Gasteiger partial charge in [-0.25, -0.2) is 0 Å². The first-order valence-electron chi connectivity index (χ1n) is 8.16. The topological polar surface area (TPSA) is 97.1 Å². The van der Waals surface area contributed by atoms with Gasteiger partial charge in [0.2, 0.25) is 5.91 Å². The van der Waals surface area contributed by atoms with Crippen LogP contribution in [0.25, 0.3) is 0 Å². The minimum atomic E-state index is -1.05. The molecule has 1 amide bonds. The zero-order chi connectivity index (χ0) is 17.8. The Hall–Kier alpha value is -2.35. The van der Waals surface area contributed by atoms with E-state index in [2.05, 4.69) is 20.1 Å². The lowest BCUT2D eigenvalue weighted by atomic mass is 10.2. The maximum absolute atomic E-state index is 11.9. The van der Waals surface area contributed by atoms with Gasteiger partial charge in [0, 0.05) is 5.92 Å². The minimum Gasteiger partial charge on any atom is -0.480 e. The number of carbonyl (C=O) groups excluding carboxylic acids is 1. The Kier molecular flexibility index (Phi) is 5.37. The number of nitrogens with one attached hydrogen (secondary N) is 1. The zero-order valence-corrected chi connectivity index (χ0v) is 14.7. The molecule has 8 heteroatoms. The average molecular weight is 360 g/mol. The Labute approximate surface area is 149 Å². The molecule has 1 aliphatic carbocycles. The van der Waals surface area contributed by atoms with Gasteiger partial charge in [0.05, 0.1) is 12.3 Å². The molecule has 1 saturated carbocycles. The smallest absolute Gasteiger partial charge is 0.325 e. The fourth-order valence-corrected chi connectivity index (χ4v) is 3.20. The van der Waals surface area contributed by atoms with Crippen LogP contribution >= 0.6 is 11.8 Å². The van der Waals surface area contributed by atoms with Crippen LogP contribution in [0.2, 0.25) is 0 Å². The second-order valence-electron chi connectivity index (χ2n) is 6.10. The standard InChI is InChI=1S/C17H20N4O3S/c1-11(16(23)24)18-14(22)10-25-17-20-19-15(13-7-8-13)21(17)9-12-5-3-2-4-6-12/h2-6,11,13H,7-10H2,1H3,(H,18,22)(H,23,24). The highest BCUT2D eigenvalue weighted by Crippen LogP contribution is 2.40. The molecular formula is C17H20N4O3S. The van der Waals surface area contributed by atoms with E-state index in [0.717, 1.165) is 24.2 Å². The van der Waals surface area contributed by atoms with Gasteiger partial charge in [0.15, 0.2) is 5.16 Å². The van der Waals surface area contributed by atoms with Gasteiger partial charge in [-0.15, -0.1) is 10.2 Å². The molecular weight excluding hydrogens is 340 g/mol. The van der Waals surface area contributed by atoms with Crippen LogP contribution in [0.4, 0.5) is 0 Å². The van der Waals surface area contributed by atoms with E-state index >= 15 is 0 Å². The zero-order valence-electron chi connectivity index (χ0n) is 13.9. The van der Waals surface area contributed by atoms with Crippen molar-refractivity contribution < 1.29 is 14.7 Å². The molecule has 0 aliphatic heterocycles. The number of aromatic nitrogens is 3. The molecule has 2 N–H and O–H groups in total. The summed E-state index contributed by atoms with van der Waals surface area (Å²) in [7, 11) is 0. The number of aliphatic carboxylic acids is 1. The Bertz CT molecular complexity index is 759. The van der Waals surface area contributed by atoms with E-state index in [1.54, 1.807) is 0 Å². The normalized spacial score (nSPS) is 14.9. The van der Waals surface area contributed by atoms with Crippen molar-refractivity contribution in [1.29, 1.82) is 0 Å². The summed E-state index contributed by atoms with van der Waals surface area (Å²) >= 11 is 1.28. The van der Waals surface area contributed by atoms with Crippen LogP contribution in [0, 0.1) is 0 Å². The molecule has 1 atom stereocenters. The number of carbonyl (C=O) groups is 2. The molecule has 1 aliphatic rings. The summed E-state index contributed by atoms with van der Waals surface area (Å²) in [4.78, 5) is 22.7. The summed E-state index contributed by atoms with van der Waals surface area (Å²) in [5.41, 5.74) is 1.15. The lowest BCUT2D eigenvalue weighted by Crippen LogP contribution is -2.39. The number of nitrogens with zero attached hydrogens (tertiary/aromatic N) is 3. The molecule has 1 aromatic carbocycles. The van der Waals surface area contributed by atoms with E-state index in [0.29, 0.717) is 17.6 Å². The number of benzene rings is 1. The van der Waals surface area contributed by atoms with Gasteiger partial charge in [-0.2, -0.15) is 0 Å². The Morgan fingerprint density at radius 1 is 1.32 bits per heavy atom. The van der Waals surface area contributed by atoms with E-state index in [-0.39, 0.29) is 11.7 Å². The van der Waals surface area contributed by atoms with Crippen LogP contribution in [0.5, 0.6) is 0 Å². The molecule has 0 spiro atoms. The molecule has 132 valence electrons. The number of amides is 1. The largest absolute Gasteiger partial charge is 0.480 e. The van der Waals surface area contributed by atoms with Crippen molar-refractivity contribution in [2.24, 2.45) is 0 Å². The van der Waals surface area contributed by atoms with Crippen LogP contribution < -0.4 is 5.32 Å². The number of hydrogen-bond donors (Lipinski definition) is 2. The molecule has 1 aromatic heterocycles. The molecule has 0 radical (unpaired) electrons. The Morgan fingerprint density at radius 3 is 2.68 bits per heavy atom. The predicted molar refractivity (Wildman–Crippen MR) is 93.5 cm³/mol. The monoisotopic (exact) mass is 360 g/mol. The van der Waals surface area contributed by atoms with E-state index in [1.165, 1.54) is 18.7 Å². The van der Waals surface area contributed by atoms with Crippen molar-refractivity contribution in [3.05, 3.63) is 41.7 Å². The Morgan fingerprint density at radius 2 is 2.04 bits per heavy atom. The third-order valence-electron chi connectivity index (χ3n) is 3.95. The summed E-state index contributed by atoms with van der Waals surface area (Å²) in [5, 5.41) is 20.5. The van der Waals surface area contributed by atoms with Gasteiger partial charge < -0.3 is 15.0 Å². The fourth-order valence-electron chi connectivity index (χ4n) is 2.44. The maximum Gasteiger partial charge on any atom is 0.325 e. The summed E-state index contributed by atoms with van der Waals surface area (Å²) in [5.74, 6) is 0.135. The first-order valence-corrected chi connectivity index (χ1v) is 9.15. The number of carboxylic acid groups (broad SMARTS) is 1. The molecule has 7 nitrogen and oxygen atoms in total. The van der Waals surface area contributed by atoms with Crippen LogP contribution in [-0.4, -0.2) is 43.5 Å². The highest BCUT2D eigenvalue weighted by Gasteiger charge is 2.30. The van der Waals surface area contributed by atoms with Crippen molar-refractivity contribution >= 4 is 23.6 Å². The third-order valence-corrected chi connectivity index (χ3v) is 4.92. The average Bonchev–Trinajstić information content (AvgIpc) is 3.36. The van der Waals surface area contributed by atoms with E-state index in [1.807, 2.05) is 30.3 Å². The minimum absolute atomic E-state index is 0.106. The van der Waals surface area contributed by atoms with Crippen molar-refractivity contribution in [2.75, 3.05) is 5.75 Å². The highest BCUT2D eigenvalue weighted by molar-refractivity contribution is 7.99. The molecule has 1 unspecified atom stereocenters. The quantitative estimate of drug-likeness (QED) is 0.698. The SMILES string of the molecule is CC(NC(=O)CSc1nnc(C2CC2)n1Cc1ccccc1)C(=O)O. The van der Waals surface area contributed by atoms with Crippen LogP contribution in [0.3, 0.4) is 0 Å². The van der Waals surface area contributed by atoms with Crippen molar-refractivity contribution in [2.45, 2.75) is 43.4 Å². The van der Waals surface area contributed by atoms with Gasteiger partial charge in [-0.1, -0.05) is 42.1 Å². The van der Waals surface area contributed by atoms with Gasteiger partial charge in [0.25, 0.3) is 0 Å².